The van der Waals surface area contributed by atoms with Crippen molar-refractivity contribution >= 4 is 11.6 Å². The molecule has 2 N–H and O–H groups in total. The molecular weight excluding hydrogens is 240 g/mol. The van der Waals surface area contributed by atoms with Crippen molar-refractivity contribution in [3.63, 3.8) is 0 Å². The van der Waals surface area contributed by atoms with E-state index >= 15 is 0 Å². The van der Waals surface area contributed by atoms with Crippen molar-refractivity contribution in [3.05, 3.63) is 24.3 Å². The highest BCUT2D eigenvalue weighted by Gasteiger charge is 2.07. The van der Waals surface area contributed by atoms with Crippen LogP contribution in [0, 0.1) is 0 Å². The van der Waals surface area contributed by atoms with Crippen molar-refractivity contribution in [1.82, 2.24) is 5.32 Å². The molecule has 0 atom stereocenters. The molecule has 4 heteroatoms. The number of hydrogen-bond acceptors (Lipinski definition) is 3. The molecule has 1 amide bonds. The molecule has 4 nitrogen and oxygen atoms in total. The van der Waals surface area contributed by atoms with Crippen molar-refractivity contribution in [1.29, 1.82) is 0 Å². The number of anilines is 1. The summed E-state index contributed by atoms with van der Waals surface area (Å²) in [6.07, 6.45) is 2.10. The molecule has 1 rings (SSSR count). The first-order valence-electron chi connectivity index (χ1n) is 6.88. The van der Waals surface area contributed by atoms with Crippen LogP contribution < -0.4 is 15.4 Å². The molecule has 106 valence electrons. The van der Waals surface area contributed by atoms with E-state index in [1.54, 1.807) is 0 Å². The third-order valence-corrected chi connectivity index (χ3v) is 2.59. The van der Waals surface area contributed by atoms with Crippen molar-refractivity contribution < 1.29 is 9.53 Å². The molecule has 1 aromatic carbocycles. The maximum atomic E-state index is 11.8. The fraction of sp³-hybridized carbons (Fsp3) is 0.533. The number of nitrogens with one attached hydrogen (secondary N) is 2. The number of ether oxygens (including phenoxy) is 1. The minimum Gasteiger partial charge on any atom is -0.491 e. The zero-order chi connectivity index (χ0) is 14.1. The van der Waals surface area contributed by atoms with E-state index in [4.69, 9.17) is 4.74 Å². The summed E-state index contributed by atoms with van der Waals surface area (Å²) in [6, 6.07) is 7.82. The molecule has 0 spiro atoms. The number of hydrogen-bond donors (Lipinski definition) is 2. The topological polar surface area (TPSA) is 50.4 Å². The van der Waals surface area contributed by atoms with Gasteiger partial charge in [-0.15, -0.1) is 0 Å². The molecule has 0 unspecified atom stereocenters. The van der Waals surface area contributed by atoms with Gasteiger partial charge in [-0.2, -0.15) is 0 Å². The molecule has 0 fully saturated rings. The Morgan fingerprint density at radius 1 is 1.32 bits per heavy atom. The van der Waals surface area contributed by atoms with Gasteiger partial charge in [0.25, 0.3) is 0 Å². The highest BCUT2D eigenvalue weighted by Crippen LogP contribution is 2.23. The highest BCUT2D eigenvalue weighted by atomic mass is 16.5. The van der Waals surface area contributed by atoms with Crippen LogP contribution in [-0.2, 0) is 4.79 Å². The molecule has 0 radical (unpaired) electrons. The molecule has 0 aliphatic rings. The fourth-order valence-electron chi connectivity index (χ4n) is 1.51. The Kier molecular flexibility index (Phi) is 6.97. The Morgan fingerprint density at radius 3 is 2.74 bits per heavy atom. The predicted molar refractivity (Wildman–Crippen MR) is 78.6 cm³/mol. The van der Waals surface area contributed by atoms with Gasteiger partial charge < -0.3 is 15.4 Å². The van der Waals surface area contributed by atoms with E-state index in [0.29, 0.717) is 19.2 Å². The zero-order valence-electron chi connectivity index (χ0n) is 12.0. The molecule has 19 heavy (non-hydrogen) atoms. The smallest absolute Gasteiger partial charge is 0.238 e. The first-order chi connectivity index (χ1) is 9.13. The van der Waals surface area contributed by atoms with Gasteiger partial charge in [0, 0.05) is 6.04 Å². The molecule has 0 saturated heterocycles. The van der Waals surface area contributed by atoms with Gasteiger partial charge in [0.15, 0.2) is 0 Å². The van der Waals surface area contributed by atoms with Gasteiger partial charge >= 0.3 is 0 Å². The van der Waals surface area contributed by atoms with Gasteiger partial charge in [-0.25, -0.2) is 0 Å². The number of benzene rings is 1. The van der Waals surface area contributed by atoms with Crippen LogP contribution in [0.4, 0.5) is 5.69 Å². The number of carbonyl (C=O) groups excluding carboxylic acids is 1. The van der Waals surface area contributed by atoms with Crippen LogP contribution in [0.2, 0.25) is 0 Å². The molecule has 0 aliphatic carbocycles. The lowest BCUT2D eigenvalue weighted by molar-refractivity contribution is -0.115. The molecule has 1 aromatic rings. The minimum absolute atomic E-state index is 0.0553. The second-order valence-electron chi connectivity index (χ2n) is 4.78. The molecule has 0 aromatic heterocycles. The summed E-state index contributed by atoms with van der Waals surface area (Å²) in [6.45, 7) is 7.12. The fourth-order valence-corrected chi connectivity index (χ4v) is 1.51. The van der Waals surface area contributed by atoms with Crippen molar-refractivity contribution in [3.8, 4) is 5.75 Å². The van der Waals surface area contributed by atoms with Crippen LogP contribution in [0.1, 0.15) is 33.6 Å². The zero-order valence-corrected chi connectivity index (χ0v) is 12.0. The lowest BCUT2D eigenvalue weighted by Gasteiger charge is -2.13. The lowest BCUT2D eigenvalue weighted by atomic mass is 10.3. The van der Waals surface area contributed by atoms with E-state index in [2.05, 4.69) is 17.6 Å². The molecule has 0 aliphatic heterocycles. The van der Waals surface area contributed by atoms with E-state index in [1.807, 2.05) is 38.1 Å². The summed E-state index contributed by atoms with van der Waals surface area (Å²) in [4.78, 5) is 11.8. The monoisotopic (exact) mass is 264 g/mol. The van der Waals surface area contributed by atoms with Crippen LogP contribution in [-0.4, -0.2) is 25.1 Å². The largest absolute Gasteiger partial charge is 0.491 e. The Bertz CT molecular complexity index is 391. The Balaban J connectivity index is 2.54. The summed E-state index contributed by atoms with van der Waals surface area (Å²) in [5.74, 6) is 0.675. The summed E-state index contributed by atoms with van der Waals surface area (Å²) in [5.41, 5.74) is 0.731. The average Bonchev–Trinajstić information content (AvgIpc) is 2.39. The highest BCUT2D eigenvalue weighted by molar-refractivity contribution is 5.93. The summed E-state index contributed by atoms with van der Waals surface area (Å²) in [7, 11) is 0. The average molecular weight is 264 g/mol. The third-order valence-electron chi connectivity index (χ3n) is 2.59. The maximum Gasteiger partial charge on any atom is 0.238 e. The number of amides is 1. The van der Waals surface area contributed by atoms with Crippen molar-refractivity contribution in [2.45, 2.75) is 39.7 Å². The summed E-state index contributed by atoms with van der Waals surface area (Å²) in [5, 5.41) is 5.95. The third kappa shape index (κ3) is 6.25. The number of rotatable bonds is 8. The van der Waals surface area contributed by atoms with Gasteiger partial charge in [0.2, 0.25) is 5.91 Å². The lowest BCUT2D eigenvalue weighted by Crippen LogP contribution is -2.32. The normalized spacial score (nSPS) is 10.5. The summed E-state index contributed by atoms with van der Waals surface area (Å²) < 4.78 is 5.67. The Labute approximate surface area is 115 Å². The number of carbonyl (C=O) groups is 1. The maximum absolute atomic E-state index is 11.8. The van der Waals surface area contributed by atoms with Gasteiger partial charge in [-0.3, -0.25) is 4.79 Å². The molecule has 0 saturated carbocycles. The first-order valence-corrected chi connectivity index (χ1v) is 6.88. The van der Waals surface area contributed by atoms with Crippen LogP contribution in [0.15, 0.2) is 24.3 Å². The first kappa shape index (κ1) is 15.5. The Hall–Kier alpha value is -1.55. The van der Waals surface area contributed by atoms with E-state index in [9.17, 15) is 4.79 Å². The molecule has 0 bridgehead atoms. The second kappa shape index (κ2) is 8.53. The quantitative estimate of drug-likeness (QED) is 0.710. The SMILES string of the molecule is CCCCOc1ccccc1NC(=O)CNC(C)C. The van der Waals surface area contributed by atoms with Crippen LogP contribution in [0.25, 0.3) is 0 Å². The van der Waals surface area contributed by atoms with Crippen molar-refractivity contribution in [2.24, 2.45) is 0 Å². The van der Waals surface area contributed by atoms with E-state index in [1.165, 1.54) is 0 Å². The second-order valence-corrected chi connectivity index (χ2v) is 4.78. The van der Waals surface area contributed by atoms with Gasteiger partial charge in [0.05, 0.1) is 18.8 Å². The number of unbranched alkanes of at least 4 members (excludes halogenated alkanes) is 1. The minimum atomic E-state index is -0.0553. The standard InChI is InChI=1S/C15H24N2O2/c1-4-5-10-19-14-9-7-6-8-13(14)17-15(18)11-16-12(2)3/h6-9,12,16H,4-5,10-11H2,1-3H3,(H,17,18). The van der Waals surface area contributed by atoms with Gasteiger partial charge in [-0.1, -0.05) is 39.3 Å². The van der Waals surface area contributed by atoms with Crippen LogP contribution in [0.5, 0.6) is 5.75 Å². The number of para-hydroxylation sites is 2. The predicted octanol–water partition coefficient (Wildman–Crippen LogP) is 2.80. The summed E-state index contributed by atoms with van der Waals surface area (Å²) >= 11 is 0. The van der Waals surface area contributed by atoms with E-state index in [-0.39, 0.29) is 5.91 Å². The molecule has 0 heterocycles. The van der Waals surface area contributed by atoms with Gasteiger partial charge in [0.1, 0.15) is 5.75 Å². The van der Waals surface area contributed by atoms with E-state index < -0.39 is 0 Å². The van der Waals surface area contributed by atoms with E-state index in [0.717, 1.165) is 24.3 Å². The van der Waals surface area contributed by atoms with Crippen molar-refractivity contribution in [2.75, 3.05) is 18.5 Å². The van der Waals surface area contributed by atoms with Crippen LogP contribution in [0.3, 0.4) is 0 Å². The Morgan fingerprint density at radius 2 is 2.05 bits per heavy atom. The molecular formula is C15H24N2O2. The van der Waals surface area contributed by atoms with Crippen LogP contribution >= 0.6 is 0 Å². The van der Waals surface area contributed by atoms with Gasteiger partial charge in [-0.05, 0) is 18.6 Å².